The number of hydrogen-bond acceptors (Lipinski definition) is 2. The second-order valence-electron chi connectivity index (χ2n) is 2.84. The van der Waals surface area contributed by atoms with E-state index in [4.69, 9.17) is 4.74 Å². The molecule has 0 unspecified atom stereocenters. The zero-order valence-electron chi connectivity index (χ0n) is 6.44. The molecule has 1 rings (SSSR count). The van der Waals surface area contributed by atoms with Crippen LogP contribution in [-0.2, 0) is 4.74 Å². The molecule has 0 amide bonds. The molecule has 1 heterocycles. The summed E-state index contributed by atoms with van der Waals surface area (Å²) < 4.78 is 5.24. The van der Waals surface area contributed by atoms with Gasteiger partial charge >= 0.3 is 0 Å². The van der Waals surface area contributed by atoms with E-state index in [-0.39, 0.29) is 0 Å². The van der Waals surface area contributed by atoms with Crippen LogP contribution in [0, 0.1) is 13.0 Å². The lowest BCUT2D eigenvalue weighted by atomic mass is 9.97. The van der Waals surface area contributed by atoms with Gasteiger partial charge in [0, 0.05) is 20.3 Å². The number of ether oxygens (including phenoxy) is 1. The first-order valence-electron chi connectivity index (χ1n) is 4.01. The van der Waals surface area contributed by atoms with Crippen LogP contribution in [0.1, 0.15) is 19.3 Å². The molecule has 0 atom stereocenters. The Hall–Kier alpha value is -0.0800. The van der Waals surface area contributed by atoms with Gasteiger partial charge in [0.25, 0.3) is 0 Å². The van der Waals surface area contributed by atoms with E-state index in [1.807, 2.05) is 0 Å². The minimum atomic E-state index is 0.878. The van der Waals surface area contributed by atoms with Crippen molar-refractivity contribution in [3.05, 3.63) is 7.05 Å². The van der Waals surface area contributed by atoms with Crippen molar-refractivity contribution in [3.8, 4) is 0 Å². The molecule has 0 bridgehead atoms. The fourth-order valence-electron chi connectivity index (χ4n) is 1.34. The zero-order chi connectivity index (χ0) is 7.23. The Labute approximate surface area is 63.0 Å². The summed E-state index contributed by atoms with van der Waals surface area (Å²) in [4.78, 5) is 0. The highest BCUT2D eigenvalue weighted by molar-refractivity contribution is 4.64. The van der Waals surface area contributed by atoms with Crippen LogP contribution in [0.15, 0.2) is 0 Å². The summed E-state index contributed by atoms with van der Waals surface area (Å²) in [5, 5.41) is 2.92. The largest absolute Gasteiger partial charge is 0.381 e. The Morgan fingerprint density at radius 2 is 2.10 bits per heavy atom. The van der Waals surface area contributed by atoms with E-state index < -0.39 is 0 Å². The molecule has 0 aromatic heterocycles. The first kappa shape index (κ1) is 8.02. The third kappa shape index (κ3) is 2.67. The lowest BCUT2D eigenvalue weighted by molar-refractivity contribution is 0.0642. The Bertz CT molecular complexity index is 79.3. The molecule has 1 fully saturated rings. The van der Waals surface area contributed by atoms with E-state index in [9.17, 15) is 0 Å². The molecular weight excluding hydrogens is 126 g/mol. The van der Waals surface area contributed by atoms with E-state index in [0.29, 0.717) is 0 Å². The number of rotatable bonds is 3. The van der Waals surface area contributed by atoms with Crippen LogP contribution in [0.4, 0.5) is 0 Å². The molecule has 2 heteroatoms. The second kappa shape index (κ2) is 4.69. The topological polar surface area (TPSA) is 21.3 Å². The minimum Gasteiger partial charge on any atom is -0.381 e. The van der Waals surface area contributed by atoms with Crippen LogP contribution in [0.2, 0.25) is 0 Å². The van der Waals surface area contributed by atoms with Crippen molar-refractivity contribution in [2.45, 2.75) is 19.3 Å². The first-order chi connectivity index (χ1) is 4.93. The standard InChI is InChI=1S/C8H16NO/c1-9-5-2-8-3-6-10-7-4-8/h8-9H,1-7H2. The van der Waals surface area contributed by atoms with E-state index in [0.717, 1.165) is 25.7 Å². The van der Waals surface area contributed by atoms with E-state index in [1.54, 1.807) is 0 Å². The van der Waals surface area contributed by atoms with Gasteiger partial charge in [-0.3, -0.25) is 0 Å². The first-order valence-corrected chi connectivity index (χ1v) is 4.01. The van der Waals surface area contributed by atoms with Crippen LogP contribution in [0.3, 0.4) is 0 Å². The summed E-state index contributed by atoms with van der Waals surface area (Å²) in [6.07, 6.45) is 3.73. The fraction of sp³-hybridized carbons (Fsp3) is 0.875. The van der Waals surface area contributed by atoms with E-state index in [1.165, 1.54) is 19.3 Å². The van der Waals surface area contributed by atoms with Crippen molar-refractivity contribution in [3.63, 3.8) is 0 Å². The molecule has 0 spiro atoms. The molecule has 10 heavy (non-hydrogen) atoms. The maximum Gasteiger partial charge on any atom is 0.0468 e. The van der Waals surface area contributed by atoms with Crippen molar-refractivity contribution >= 4 is 0 Å². The molecular formula is C8H16NO. The molecule has 0 saturated carbocycles. The Balaban J connectivity index is 2.02. The van der Waals surface area contributed by atoms with Crippen LogP contribution < -0.4 is 5.32 Å². The summed E-state index contributed by atoms with van der Waals surface area (Å²) >= 11 is 0. The predicted octanol–water partition coefficient (Wildman–Crippen LogP) is 1.18. The summed E-state index contributed by atoms with van der Waals surface area (Å²) in [5.41, 5.74) is 0. The van der Waals surface area contributed by atoms with Crippen molar-refractivity contribution in [2.75, 3.05) is 19.8 Å². The van der Waals surface area contributed by atoms with Crippen molar-refractivity contribution in [2.24, 2.45) is 5.92 Å². The SMILES string of the molecule is [CH2]NCCC1CCOCC1. The van der Waals surface area contributed by atoms with Crippen LogP contribution in [0.5, 0.6) is 0 Å². The van der Waals surface area contributed by atoms with E-state index in [2.05, 4.69) is 12.4 Å². The van der Waals surface area contributed by atoms with Gasteiger partial charge in [-0.25, -0.2) is 0 Å². The number of nitrogens with one attached hydrogen (secondary N) is 1. The summed E-state index contributed by atoms with van der Waals surface area (Å²) in [6, 6.07) is 0. The van der Waals surface area contributed by atoms with Crippen LogP contribution >= 0.6 is 0 Å². The molecule has 1 aliphatic heterocycles. The van der Waals surface area contributed by atoms with Gasteiger partial charge in [0.2, 0.25) is 0 Å². The molecule has 0 aromatic rings. The second-order valence-corrected chi connectivity index (χ2v) is 2.84. The number of hydrogen-bond donors (Lipinski definition) is 1. The molecule has 1 saturated heterocycles. The highest BCUT2D eigenvalue weighted by Crippen LogP contribution is 2.17. The van der Waals surface area contributed by atoms with Gasteiger partial charge in [0.15, 0.2) is 0 Å². The van der Waals surface area contributed by atoms with Gasteiger partial charge in [-0.1, -0.05) is 0 Å². The fourth-order valence-corrected chi connectivity index (χ4v) is 1.34. The Morgan fingerprint density at radius 3 is 2.70 bits per heavy atom. The molecule has 0 aliphatic carbocycles. The van der Waals surface area contributed by atoms with Crippen molar-refractivity contribution < 1.29 is 4.74 Å². The molecule has 2 nitrogen and oxygen atoms in total. The van der Waals surface area contributed by atoms with Gasteiger partial charge in [-0.05, 0) is 31.7 Å². The molecule has 59 valence electrons. The average Bonchev–Trinajstić information content (AvgIpc) is 2.03. The maximum atomic E-state index is 5.24. The lowest BCUT2D eigenvalue weighted by Gasteiger charge is -2.21. The normalized spacial score (nSPS) is 21.3. The van der Waals surface area contributed by atoms with Crippen LogP contribution in [0.25, 0.3) is 0 Å². The third-order valence-electron chi connectivity index (χ3n) is 2.07. The maximum absolute atomic E-state index is 5.24. The van der Waals surface area contributed by atoms with Gasteiger partial charge in [0.05, 0.1) is 0 Å². The lowest BCUT2D eigenvalue weighted by Crippen LogP contribution is -2.19. The summed E-state index contributed by atoms with van der Waals surface area (Å²) in [6.45, 7) is 2.97. The van der Waals surface area contributed by atoms with Gasteiger partial charge < -0.3 is 10.1 Å². The molecule has 1 radical (unpaired) electrons. The smallest absolute Gasteiger partial charge is 0.0468 e. The summed E-state index contributed by atoms with van der Waals surface area (Å²) in [5.74, 6) is 0.878. The molecule has 0 aromatic carbocycles. The van der Waals surface area contributed by atoms with E-state index >= 15 is 0 Å². The summed E-state index contributed by atoms with van der Waals surface area (Å²) in [7, 11) is 3.59. The predicted molar refractivity (Wildman–Crippen MR) is 41.5 cm³/mol. The average molecular weight is 142 g/mol. The molecule has 1 aliphatic rings. The van der Waals surface area contributed by atoms with Gasteiger partial charge in [0.1, 0.15) is 0 Å². The van der Waals surface area contributed by atoms with Gasteiger partial charge in [-0.15, -0.1) is 0 Å². The minimum absolute atomic E-state index is 0.878. The zero-order valence-corrected chi connectivity index (χ0v) is 6.44. The quantitative estimate of drug-likeness (QED) is 0.639. The molecule has 1 N–H and O–H groups in total. The Morgan fingerprint density at radius 1 is 1.40 bits per heavy atom. The Kier molecular flexibility index (Phi) is 3.76. The highest BCUT2D eigenvalue weighted by Gasteiger charge is 2.12. The monoisotopic (exact) mass is 142 g/mol. The van der Waals surface area contributed by atoms with Crippen molar-refractivity contribution in [1.29, 1.82) is 0 Å². The third-order valence-corrected chi connectivity index (χ3v) is 2.07. The van der Waals surface area contributed by atoms with Crippen LogP contribution in [-0.4, -0.2) is 19.8 Å². The highest BCUT2D eigenvalue weighted by atomic mass is 16.5. The van der Waals surface area contributed by atoms with Gasteiger partial charge in [-0.2, -0.15) is 0 Å². The van der Waals surface area contributed by atoms with Crippen molar-refractivity contribution in [1.82, 2.24) is 5.32 Å².